The topological polar surface area (TPSA) is 84.1 Å². The number of esters is 1. The van der Waals surface area contributed by atoms with Crippen molar-refractivity contribution in [1.82, 2.24) is 9.97 Å². The van der Waals surface area contributed by atoms with Gasteiger partial charge in [0.05, 0.1) is 12.8 Å². The van der Waals surface area contributed by atoms with Gasteiger partial charge in [0, 0.05) is 15.7 Å². The SMILES string of the molecule is CCOC(=O)c1cnc(Nc2cc(Cl)cc(Cl)c2)[nH]c1=O. The highest BCUT2D eigenvalue weighted by Crippen LogP contribution is 2.23. The van der Waals surface area contributed by atoms with Crippen molar-refractivity contribution in [2.45, 2.75) is 6.92 Å². The van der Waals surface area contributed by atoms with Gasteiger partial charge in [0.2, 0.25) is 5.95 Å². The molecule has 1 heterocycles. The summed E-state index contributed by atoms with van der Waals surface area (Å²) in [7, 11) is 0. The van der Waals surface area contributed by atoms with Crippen LogP contribution in [0.1, 0.15) is 17.3 Å². The lowest BCUT2D eigenvalue weighted by atomic mass is 10.3. The Kier molecular flexibility index (Phi) is 4.82. The summed E-state index contributed by atoms with van der Waals surface area (Å²) < 4.78 is 4.74. The van der Waals surface area contributed by atoms with Crippen LogP contribution in [0.3, 0.4) is 0 Å². The van der Waals surface area contributed by atoms with Crippen LogP contribution >= 0.6 is 23.2 Å². The van der Waals surface area contributed by atoms with Crippen LogP contribution in [-0.4, -0.2) is 22.5 Å². The number of nitrogens with one attached hydrogen (secondary N) is 2. The molecule has 1 aromatic carbocycles. The van der Waals surface area contributed by atoms with Crippen molar-refractivity contribution in [1.29, 1.82) is 0 Å². The first-order valence-corrected chi connectivity index (χ1v) is 6.74. The van der Waals surface area contributed by atoms with Crippen molar-refractivity contribution in [3.05, 3.63) is 50.4 Å². The molecule has 2 aromatic rings. The predicted molar refractivity (Wildman–Crippen MR) is 80.6 cm³/mol. The molecule has 0 aliphatic carbocycles. The van der Waals surface area contributed by atoms with Gasteiger partial charge in [-0.15, -0.1) is 0 Å². The first kappa shape index (κ1) is 15.3. The first-order valence-electron chi connectivity index (χ1n) is 5.99. The van der Waals surface area contributed by atoms with E-state index < -0.39 is 11.5 Å². The Balaban J connectivity index is 2.24. The molecule has 21 heavy (non-hydrogen) atoms. The molecule has 0 bridgehead atoms. The number of aromatic amines is 1. The summed E-state index contributed by atoms with van der Waals surface area (Å²) >= 11 is 11.7. The smallest absolute Gasteiger partial charge is 0.345 e. The third-order valence-electron chi connectivity index (χ3n) is 2.42. The Hall–Kier alpha value is -2.05. The summed E-state index contributed by atoms with van der Waals surface area (Å²) in [5, 5.41) is 3.72. The standard InChI is InChI=1S/C13H11Cl2N3O3/c1-2-21-12(20)10-6-16-13(18-11(10)19)17-9-4-7(14)3-8(15)5-9/h3-6H,2H2,1H3,(H2,16,17,18,19). The number of benzene rings is 1. The van der Waals surface area contributed by atoms with E-state index in [1.54, 1.807) is 25.1 Å². The van der Waals surface area contributed by atoms with E-state index in [9.17, 15) is 9.59 Å². The third-order valence-corrected chi connectivity index (χ3v) is 2.86. The number of anilines is 2. The van der Waals surface area contributed by atoms with Crippen molar-refractivity contribution < 1.29 is 9.53 Å². The van der Waals surface area contributed by atoms with Gasteiger partial charge in [0.15, 0.2) is 0 Å². The molecule has 0 saturated carbocycles. The van der Waals surface area contributed by atoms with E-state index in [1.165, 1.54) is 0 Å². The number of H-pyrrole nitrogens is 1. The van der Waals surface area contributed by atoms with Gasteiger partial charge >= 0.3 is 5.97 Å². The molecule has 110 valence electrons. The fraction of sp³-hybridized carbons (Fsp3) is 0.154. The number of halogens is 2. The van der Waals surface area contributed by atoms with Gasteiger partial charge in [-0.25, -0.2) is 9.78 Å². The highest BCUT2D eigenvalue weighted by molar-refractivity contribution is 6.35. The molecule has 0 spiro atoms. The van der Waals surface area contributed by atoms with Crippen LogP contribution in [0.2, 0.25) is 10.0 Å². The third kappa shape index (κ3) is 3.96. The highest BCUT2D eigenvalue weighted by atomic mass is 35.5. The molecule has 6 nitrogen and oxygen atoms in total. The van der Waals surface area contributed by atoms with E-state index in [-0.39, 0.29) is 18.1 Å². The Morgan fingerprint density at radius 2 is 2.00 bits per heavy atom. The van der Waals surface area contributed by atoms with Crippen LogP contribution in [0.5, 0.6) is 0 Å². The van der Waals surface area contributed by atoms with Crippen LogP contribution in [0.4, 0.5) is 11.6 Å². The van der Waals surface area contributed by atoms with Crippen LogP contribution in [0.25, 0.3) is 0 Å². The predicted octanol–water partition coefficient (Wildman–Crippen LogP) is 3.00. The minimum Gasteiger partial charge on any atom is -0.462 e. The molecule has 0 aliphatic heterocycles. The molecule has 0 radical (unpaired) electrons. The summed E-state index contributed by atoms with van der Waals surface area (Å²) in [5.74, 6) is -0.560. The molecule has 2 N–H and O–H groups in total. The molecular formula is C13H11Cl2N3O3. The molecule has 0 saturated heterocycles. The Morgan fingerprint density at radius 3 is 2.57 bits per heavy atom. The maximum atomic E-state index is 11.8. The first-order chi connectivity index (χ1) is 9.99. The van der Waals surface area contributed by atoms with Gasteiger partial charge in [-0.05, 0) is 25.1 Å². The summed E-state index contributed by atoms with van der Waals surface area (Å²) in [6, 6.07) is 4.81. The number of carbonyl (C=O) groups is 1. The fourth-order valence-electron chi connectivity index (χ4n) is 1.58. The number of nitrogens with zero attached hydrogens (tertiary/aromatic N) is 1. The van der Waals surface area contributed by atoms with Gasteiger partial charge in [0.1, 0.15) is 5.56 Å². The van der Waals surface area contributed by atoms with E-state index in [2.05, 4.69) is 15.3 Å². The van der Waals surface area contributed by atoms with E-state index in [0.29, 0.717) is 15.7 Å². The lowest BCUT2D eigenvalue weighted by Gasteiger charge is -2.07. The number of aromatic nitrogens is 2. The normalized spacial score (nSPS) is 10.2. The number of rotatable bonds is 4. The zero-order chi connectivity index (χ0) is 15.4. The van der Waals surface area contributed by atoms with Gasteiger partial charge in [-0.2, -0.15) is 0 Å². The lowest BCUT2D eigenvalue weighted by Crippen LogP contribution is -2.21. The van der Waals surface area contributed by atoms with E-state index in [0.717, 1.165) is 6.20 Å². The fourth-order valence-corrected chi connectivity index (χ4v) is 2.10. The molecule has 0 amide bonds. The monoisotopic (exact) mass is 327 g/mol. The van der Waals surface area contributed by atoms with Gasteiger partial charge in [0.25, 0.3) is 5.56 Å². The maximum Gasteiger partial charge on any atom is 0.345 e. The Labute approximate surface area is 130 Å². The number of ether oxygens (including phenoxy) is 1. The molecule has 0 unspecified atom stereocenters. The quantitative estimate of drug-likeness (QED) is 0.843. The second-order valence-electron chi connectivity index (χ2n) is 3.98. The second-order valence-corrected chi connectivity index (χ2v) is 4.85. The maximum absolute atomic E-state index is 11.8. The van der Waals surface area contributed by atoms with Crippen molar-refractivity contribution >= 4 is 40.8 Å². The molecular weight excluding hydrogens is 317 g/mol. The summed E-state index contributed by atoms with van der Waals surface area (Å²) in [6.07, 6.45) is 1.14. The minimum absolute atomic E-state index is 0.159. The van der Waals surface area contributed by atoms with Crippen molar-refractivity contribution in [2.24, 2.45) is 0 Å². The van der Waals surface area contributed by atoms with Crippen LogP contribution < -0.4 is 10.9 Å². The summed E-state index contributed by atoms with van der Waals surface area (Å²) in [6.45, 7) is 1.83. The van der Waals surface area contributed by atoms with Crippen LogP contribution in [0, 0.1) is 0 Å². The molecule has 0 fully saturated rings. The zero-order valence-electron chi connectivity index (χ0n) is 10.9. The molecule has 0 atom stereocenters. The van der Waals surface area contributed by atoms with Gasteiger partial charge in [-0.1, -0.05) is 23.2 Å². The average molecular weight is 328 g/mol. The average Bonchev–Trinajstić information content (AvgIpc) is 2.37. The van der Waals surface area contributed by atoms with E-state index in [1.807, 2.05) is 0 Å². The number of hydrogen-bond donors (Lipinski definition) is 2. The van der Waals surface area contributed by atoms with E-state index >= 15 is 0 Å². The molecule has 0 aliphatic rings. The minimum atomic E-state index is -0.719. The largest absolute Gasteiger partial charge is 0.462 e. The summed E-state index contributed by atoms with van der Waals surface area (Å²) in [5.41, 5.74) is -0.204. The lowest BCUT2D eigenvalue weighted by molar-refractivity contribution is 0.0524. The Morgan fingerprint density at radius 1 is 1.33 bits per heavy atom. The number of carbonyl (C=O) groups excluding carboxylic acids is 1. The summed E-state index contributed by atoms with van der Waals surface area (Å²) in [4.78, 5) is 29.7. The zero-order valence-corrected chi connectivity index (χ0v) is 12.5. The van der Waals surface area contributed by atoms with Crippen LogP contribution in [0.15, 0.2) is 29.2 Å². The van der Waals surface area contributed by atoms with Crippen molar-refractivity contribution in [3.63, 3.8) is 0 Å². The molecule has 2 rings (SSSR count). The van der Waals surface area contributed by atoms with Gasteiger partial charge in [-0.3, -0.25) is 9.78 Å². The molecule has 8 heteroatoms. The second kappa shape index (κ2) is 6.60. The van der Waals surface area contributed by atoms with Crippen molar-refractivity contribution in [2.75, 3.05) is 11.9 Å². The van der Waals surface area contributed by atoms with Gasteiger partial charge < -0.3 is 10.1 Å². The number of hydrogen-bond acceptors (Lipinski definition) is 5. The van der Waals surface area contributed by atoms with Crippen LogP contribution in [-0.2, 0) is 4.74 Å². The van der Waals surface area contributed by atoms with Crippen molar-refractivity contribution in [3.8, 4) is 0 Å². The Bertz CT molecular complexity index is 711. The molecule has 1 aromatic heterocycles. The highest BCUT2D eigenvalue weighted by Gasteiger charge is 2.12. The van der Waals surface area contributed by atoms with E-state index in [4.69, 9.17) is 27.9 Å².